The molecule has 4 bridgehead atoms. The van der Waals surface area contributed by atoms with Crippen LogP contribution in [0.2, 0.25) is 0 Å². The van der Waals surface area contributed by atoms with Crippen LogP contribution in [0.1, 0.15) is 108 Å². The van der Waals surface area contributed by atoms with Gasteiger partial charge < -0.3 is 37.3 Å². The summed E-state index contributed by atoms with van der Waals surface area (Å²) in [7, 11) is 0. The fourth-order valence-corrected chi connectivity index (χ4v) is 13.9. The van der Waals surface area contributed by atoms with Gasteiger partial charge in [-0.15, -0.1) is 0 Å². The van der Waals surface area contributed by atoms with Crippen molar-refractivity contribution >= 4 is 41.6 Å². The number of likely N-dealkylation sites (tertiary alicyclic amines) is 2. The summed E-state index contributed by atoms with van der Waals surface area (Å²) in [6, 6.07) is 22.8. The Bertz CT molecular complexity index is 2420. The van der Waals surface area contributed by atoms with E-state index in [1.54, 1.807) is 0 Å². The molecule has 3 aromatic rings. The summed E-state index contributed by atoms with van der Waals surface area (Å²) >= 11 is 0. The number of hydrogen-bond donors (Lipinski definition) is 4. The number of esters is 2. The third-order valence-electron chi connectivity index (χ3n) is 16.8. The maximum Gasteiger partial charge on any atom is 0.412 e. The maximum absolute atomic E-state index is 15.0. The molecule has 3 fully saturated rings. The van der Waals surface area contributed by atoms with Gasteiger partial charge in [-0.25, -0.2) is 19.2 Å². The van der Waals surface area contributed by atoms with Gasteiger partial charge in [0.2, 0.25) is 22.9 Å². The number of primary amides is 4. The van der Waals surface area contributed by atoms with Crippen LogP contribution >= 0.6 is 0 Å². The van der Waals surface area contributed by atoms with Gasteiger partial charge in [0.25, 0.3) is 0 Å². The summed E-state index contributed by atoms with van der Waals surface area (Å²) in [6.07, 6.45) is 1.31. The lowest BCUT2D eigenvalue weighted by Crippen LogP contribution is -2.77. The number of ether oxygens (including phenoxy) is 2. The average Bonchev–Trinajstić information content (AvgIpc) is 3.85. The first-order valence-electron chi connectivity index (χ1n) is 23.7. The van der Waals surface area contributed by atoms with Crippen molar-refractivity contribution in [2.75, 3.05) is 18.0 Å². The zero-order chi connectivity index (χ0) is 48.6. The Morgan fingerprint density at radius 3 is 1.39 bits per heavy atom. The SMILES string of the molecule is CC1CC(C2CCCN2[C@@](C(N)=O)(C(=O)OC(N)=O)C2(C)Cc3ccc(cc3)C2)N(c2ccc(C(C)(C)C)cc2)C1(C)C1CCCN1[C@@](C(N)=O)(C(=O)OC(N)=O)C1(C)Cc2ccc(cc2)C1. The minimum Gasteiger partial charge on any atom is -0.375 e. The van der Waals surface area contributed by atoms with Crippen molar-refractivity contribution < 1.29 is 38.2 Å². The van der Waals surface area contributed by atoms with Crippen LogP contribution in [-0.2, 0) is 59.8 Å². The van der Waals surface area contributed by atoms with Gasteiger partial charge in [-0.3, -0.25) is 19.4 Å². The van der Waals surface area contributed by atoms with Gasteiger partial charge >= 0.3 is 24.1 Å². The molecule has 0 saturated carbocycles. The average molecular weight is 918 g/mol. The largest absolute Gasteiger partial charge is 0.412 e. The van der Waals surface area contributed by atoms with Crippen LogP contribution in [0, 0.1) is 16.7 Å². The van der Waals surface area contributed by atoms with E-state index in [0.717, 1.165) is 33.5 Å². The molecule has 15 nitrogen and oxygen atoms in total. The topological polar surface area (TPSA) is 235 Å². The summed E-state index contributed by atoms with van der Waals surface area (Å²) in [5, 5.41) is 0. The number of amides is 4. The van der Waals surface area contributed by atoms with Crippen LogP contribution in [0.3, 0.4) is 0 Å². The fourth-order valence-electron chi connectivity index (χ4n) is 13.9. The molecule has 0 radical (unpaired) electrons. The van der Waals surface area contributed by atoms with E-state index in [0.29, 0.717) is 38.6 Å². The number of rotatable bonds is 11. The summed E-state index contributed by atoms with van der Waals surface area (Å²) < 4.78 is 10.6. The summed E-state index contributed by atoms with van der Waals surface area (Å²) in [4.78, 5) is 90.7. The molecule has 3 heterocycles. The van der Waals surface area contributed by atoms with Gasteiger partial charge in [-0.1, -0.05) is 102 Å². The molecular weight excluding hydrogens is 851 g/mol. The van der Waals surface area contributed by atoms with Crippen molar-refractivity contribution in [2.24, 2.45) is 39.7 Å². The number of hydrogen-bond acceptors (Lipinski definition) is 11. The predicted octanol–water partition coefficient (Wildman–Crippen LogP) is 5.19. The second-order valence-electron chi connectivity index (χ2n) is 21.9. The number of benzene rings is 3. The van der Waals surface area contributed by atoms with Crippen LogP contribution in [-0.4, -0.2) is 93.6 Å². The lowest BCUT2D eigenvalue weighted by atomic mass is 9.63. The zero-order valence-electron chi connectivity index (χ0n) is 39.9. The molecular formula is C52H67N7O8. The van der Waals surface area contributed by atoms with Gasteiger partial charge in [0.1, 0.15) is 0 Å². The van der Waals surface area contributed by atoms with Crippen molar-refractivity contribution in [3.8, 4) is 0 Å². The monoisotopic (exact) mass is 918 g/mol. The third kappa shape index (κ3) is 7.38. The van der Waals surface area contributed by atoms with Crippen LogP contribution < -0.4 is 27.8 Å². The molecule has 7 atom stereocenters. The normalized spacial score (nSPS) is 27.4. The number of nitrogens with two attached hydrogens (primary N) is 4. The Balaban J connectivity index is 1.32. The number of nitrogens with zero attached hydrogens (tertiary/aromatic N) is 3. The number of anilines is 1. The van der Waals surface area contributed by atoms with Gasteiger partial charge in [0.05, 0.1) is 5.54 Å². The number of carbonyl (C=O) groups is 6. The highest BCUT2D eigenvalue weighted by molar-refractivity contribution is 6.11. The van der Waals surface area contributed by atoms with E-state index < -0.39 is 81.5 Å². The van der Waals surface area contributed by atoms with E-state index in [1.165, 1.54) is 0 Å². The van der Waals surface area contributed by atoms with Gasteiger partial charge in [0.15, 0.2) is 0 Å². The molecule has 4 amide bonds. The minimum absolute atomic E-state index is 0.167. The van der Waals surface area contributed by atoms with Crippen molar-refractivity contribution in [3.05, 3.63) is 101 Å². The molecule has 3 saturated heterocycles. The molecule has 5 unspecified atom stereocenters. The highest BCUT2D eigenvalue weighted by Gasteiger charge is 2.71. The molecule has 3 aliphatic heterocycles. The summed E-state index contributed by atoms with van der Waals surface area (Å²) in [6.45, 7) is 15.1. The Labute approximate surface area is 393 Å². The van der Waals surface area contributed by atoms with Crippen LogP contribution in [0.15, 0.2) is 72.8 Å². The third-order valence-corrected chi connectivity index (χ3v) is 16.8. The van der Waals surface area contributed by atoms with Gasteiger partial charge in [-0.2, -0.15) is 0 Å². The lowest BCUT2D eigenvalue weighted by Gasteiger charge is -2.57. The summed E-state index contributed by atoms with van der Waals surface area (Å²) in [5.74, 6) is -4.25. The molecule has 10 rings (SSSR count). The van der Waals surface area contributed by atoms with E-state index >= 15 is 0 Å². The standard InChI is InChI=1S/C52H67N7O8/c1-31-26-39(38-10-8-24-57(38)51(41(53)60,43(62)66-45(55)64)48(5)27-32-12-13-33(28-48)15-14-32)59(37-22-20-36(21-23-37)47(2,3)4)50(31,7)40-11-9-25-58(40)52(42(54)61,44(63)67-46(56)65)49(6)29-34-16-17-35(30-49)19-18-34/h12-23,31,38-40H,8-11,24-30H2,1-7H3,(H2,53,60)(H2,54,61)(H2,55,64)(H2,56,65)/t31?,38?,39?,40?,50?,51-,52-/m0/s1. The molecule has 67 heavy (non-hydrogen) atoms. The first kappa shape index (κ1) is 47.7. The minimum atomic E-state index is -2.16. The first-order valence-corrected chi connectivity index (χ1v) is 23.7. The fraction of sp³-hybridized carbons (Fsp3) is 0.538. The molecule has 0 spiro atoms. The van der Waals surface area contributed by atoms with Crippen molar-refractivity contribution in [2.45, 2.75) is 146 Å². The molecule has 8 N–H and O–H groups in total. The lowest BCUT2D eigenvalue weighted by molar-refractivity contribution is -0.172. The van der Waals surface area contributed by atoms with Crippen LogP contribution in [0.5, 0.6) is 0 Å². The highest BCUT2D eigenvalue weighted by Crippen LogP contribution is 2.56. The summed E-state index contributed by atoms with van der Waals surface area (Å²) in [5.41, 5.74) is 22.2. The van der Waals surface area contributed by atoms with E-state index in [9.17, 15) is 28.8 Å². The van der Waals surface area contributed by atoms with E-state index in [1.807, 2.05) is 72.2 Å². The molecule has 4 aliphatic carbocycles. The second-order valence-corrected chi connectivity index (χ2v) is 21.9. The van der Waals surface area contributed by atoms with Crippen molar-refractivity contribution in [1.29, 1.82) is 0 Å². The van der Waals surface area contributed by atoms with E-state index in [-0.39, 0.29) is 43.6 Å². The quantitative estimate of drug-likeness (QED) is 0.144. The van der Waals surface area contributed by atoms with Gasteiger partial charge in [0, 0.05) is 47.7 Å². The van der Waals surface area contributed by atoms with E-state index in [2.05, 4.69) is 63.8 Å². The smallest absolute Gasteiger partial charge is 0.375 e. The highest BCUT2D eigenvalue weighted by atomic mass is 16.6. The Kier molecular flexibility index (Phi) is 11.9. The Hall–Kier alpha value is -5.80. The van der Waals surface area contributed by atoms with Crippen molar-refractivity contribution in [1.82, 2.24) is 9.80 Å². The van der Waals surface area contributed by atoms with E-state index in [4.69, 9.17) is 32.4 Å². The molecule has 358 valence electrons. The zero-order valence-corrected chi connectivity index (χ0v) is 39.9. The van der Waals surface area contributed by atoms with Gasteiger partial charge in [-0.05, 0) is 116 Å². The molecule has 7 aliphatic rings. The Morgan fingerprint density at radius 2 is 0.985 bits per heavy atom. The number of carbonyl (C=O) groups excluding carboxylic acids is 6. The molecule has 3 aromatic carbocycles. The number of fused-ring (bicyclic) bond motifs is 8. The molecule has 0 aromatic heterocycles. The van der Waals surface area contributed by atoms with Crippen molar-refractivity contribution in [3.63, 3.8) is 0 Å². The Morgan fingerprint density at radius 1 is 0.582 bits per heavy atom. The molecule has 15 heteroatoms. The van der Waals surface area contributed by atoms with Crippen LogP contribution in [0.4, 0.5) is 15.3 Å². The second kappa shape index (κ2) is 16.8. The predicted molar refractivity (Wildman–Crippen MR) is 252 cm³/mol. The van der Waals surface area contributed by atoms with Crippen LogP contribution in [0.25, 0.3) is 0 Å². The maximum atomic E-state index is 15.0. The first-order chi connectivity index (χ1) is 31.4.